The number of fused-ring (bicyclic) bond motifs is 6. The maximum absolute atomic E-state index is 13.1. The molecule has 4 aromatic rings. The van der Waals surface area contributed by atoms with Crippen molar-refractivity contribution >= 4 is 23.0 Å². The fourth-order valence-corrected chi connectivity index (χ4v) is 5.29. The Hall–Kier alpha value is -4.06. The predicted molar refractivity (Wildman–Crippen MR) is 121 cm³/mol. The van der Waals surface area contributed by atoms with Crippen LogP contribution in [0.4, 0.5) is 4.79 Å². The van der Waals surface area contributed by atoms with Crippen LogP contribution < -0.4 is 5.11 Å². The molecule has 6 heteroatoms. The van der Waals surface area contributed by atoms with Gasteiger partial charge in [0.25, 0.3) is 0 Å². The van der Waals surface area contributed by atoms with Gasteiger partial charge in [0, 0.05) is 28.9 Å². The lowest BCUT2D eigenvalue weighted by Crippen LogP contribution is -2.53. The zero-order valence-corrected chi connectivity index (χ0v) is 17.8. The highest BCUT2D eigenvalue weighted by molar-refractivity contribution is 5.88. The molecule has 1 aromatic heterocycles. The van der Waals surface area contributed by atoms with Gasteiger partial charge in [-0.15, -0.1) is 0 Å². The zero-order valence-electron chi connectivity index (χ0n) is 17.8. The molecule has 0 radical (unpaired) electrons. The number of nitrogens with one attached hydrogen (secondary N) is 1. The summed E-state index contributed by atoms with van der Waals surface area (Å²) in [5, 5.41) is 12.9. The molecule has 0 saturated carbocycles. The third-order valence-corrected chi connectivity index (χ3v) is 6.85. The predicted octanol–water partition coefficient (Wildman–Crippen LogP) is 3.59. The first-order valence-electron chi connectivity index (χ1n) is 11.0. The molecule has 0 bridgehead atoms. The lowest BCUT2D eigenvalue weighted by Gasteiger charge is -2.35. The largest absolute Gasteiger partial charge is 0.548 e. The second kappa shape index (κ2) is 7.52. The van der Waals surface area contributed by atoms with Crippen LogP contribution in [0.3, 0.4) is 0 Å². The lowest BCUT2D eigenvalue weighted by molar-refractivity contribution is -0.311. The molecule has 33 heavy (non-hydrogen) atoms. The normalized spacial score (nSPS) is 16.8. The van der Waals surface area contributed by atoms with Crippen molar-refractivity contribution in [1.82, 2.24) is 9.88 Å². The van der Waals surface area contributed by atoms with Crippen LogP contribution in [0.5, 0.6) is 0 Å². The SMILES string of the molecule is O=C([O-])[C@H]1Cc2c([nH]c3ccccc23)CN1C(=O)OCC1c2ccccc2-c2ccccc21. The van der Waals surface area contributed by atoms with E-state index in [-0.39, 0.29) is 25.5 Å². The first-order valence-corrected chi connectivity index (χ1v) is 11.0. The van der Waals surface area contributed by atoms with E-state index in [1.807, 2.05) is 48.5 Å². The van der Waals surface area contributed by atoms with E-state index < -0.39 is 18.1 Å². The van der Waals surface area contributed by atoms with Crippen molar-refractivity contribution in [1.29, 1.82) is 0 Å². The number of carbonyl (C=O) groups is 2. The molecule has 3 aromatic carbocycles. The third-order valence-electron chi connectivity index (χ3n) is 6.85. The maximum Gasteiger partial charge on any atom is 0.410 e. The van der Waals surface area contributed by atoms with E-state index in [2.05, 4.69) is 29.2 Å². The van der Waals surface area contributed by atoms with Gasteiger partial charge in [-0.1, -0.05) is 66.7 Å². The Morgan fingerprint density at radius 2 is 1.58 bits per heavy atom. The molecule has 0 unspecified atom stereocenters. The number of benzene rings is 3. The van der Waals surface area contributed by atoms with Crippen LogP contribution in [0.2, 0.25) is 0 Å². The average molecular weight is 437 g/mol. The first-order chi connectivity index (χ1) is 16.1. The van der Waals surface area contributed by atoms with Gasteiger partial charge in [0.05, 0.1) is 18.6 Å². The number of hydrogen-bond donors (Lipinski definition) is 1. The molecule has 1 atom stereocenters. The summed E-state index contributed by atoms with van der Waals surface area (Å²) < 4.78 is 5.73. The van der Waals surface area contributed by atoms with E-state index in [4.69, 9.17) is 4.74 Å². The molecule has 6 nitrogen and oxygen atoms in total. The number of ether oxygens (including phenoxy) is 1. The van der Waals surface area contributed by atoms with Crippen LogP contribution in [0.25, 0.3) is 22.0 Å². The second-order valence-electron chi connectivity index (χ2n) is 8.60. The van der Waals surface area contributed by atoms with E-state index in [9.17, 15) is 14.7 Å². The molecule has 1 amide bonds. The zero-order chi connectivity index (χ0) is 22.5. The van der Waals surface area contributed by atoms with E-state index in [1.54, 1.807) is 0 Å². The monoisotopic (exact) mass is 437 g/mol. The standard InChI is InChI=1S/C27H22N2O4/c30-26(31)25-13-21-20-11-5-6-12-23(20)28-24(21)14-29(25)27(32)33-15-22-18-9-3-1-7-16(18)17-8-2-4-10-19(17)22/h1-12,22,25,28H,13-15H2,(H,30,31)/p-1/t25-/m1/s1. The molecule has 2 aliphatic rings. The highest BCUT2D eigenvalue weighted by Crippen LogP contribution is 2.44. The van der Waals surface area contributed by atoms with Gasteiger partial charge >= 0.3 is 6.09 Å². The van der Waals surface area contributed by atoms with Crippen molar-refractivity contribution in [2.24, 2.45) is 0 Å². The van der Waals surface area contributed by atoms with Gasteiger partial charge < -0.3 is 19.6 Å². The van der Waals surface area contributed by atoms with Gasteiger partial charge in [-0.2, -0.15) is 0 Å². The van der Waals surface area contributed by atoms with Crippen LogP contribution in [0.1, 0.15) is 28.3 Å². The Morgan fingerprint density at radius 3 is 2.27 bits per heavy atom. The molecule has 0 fully saturated rings. The number of aromatic nitrogens is 1. The Labute approximate surface area is 190 Å². The Morgan fingerprint density at radius 1 is 0.939 bits per heavy atom. The number of H-pyrrole nitrogens is 1. The van der Waals surface area contributed by atoms with Crippen LogP contribution in [0.15, 0.2) is 72.8 Å². The summed E-state index contributed by atoms with van der Waals surface area (Å²) in [5.41, 5.74) is 7.18. The lowest BCUT2D eigenvalue weighted by atomic mass is 9.97. The number of aromatic amines is 1. The smallest absolute Gasteiger partial charge is 0.410 e. The fourth-order valence-electron chi connectivity index (χ4n) is 5.29. The van der Waals surface area contributed by atoms with Crippen LogP contribution in [-0.4, -0.2) is 34.6 Å². The summed E-state index contributed by atoms with van der Waals surface area (Å²) in [6.45, 7) is 0.280. The van der Waals surface area contributed by atoms with Gasteiger partial charge in [0.1, 0.15) is 6.61 Å². The van der Waals surface area contributed by atoms with Gasteiger partial charge in [0.15, 0.2) is 0 Å². The number of hydrogen-bond acceptors (Lipinski definition) is 4. The average Bonchev–Trinajstić information content (AvgIpc) is 3.37. The van der Waals surface area contributed by atoms with Crippen molar-refractivity contribution in [3.8, 4) is 11.1 Å². The van der Waals surface area contributed by atoms with Crippen molar-refractivity contribution in [3.63, 3.8) is 0 Å². The molecule has 164 valence electrons. The Kier molecular flexibility index (Phi) is 4.47. The molecule has 1 aliphatic carbocycles. The van der Waals surface area contributed by atoms with E-state index >= 15 is 0 Å². The van der Waals surface area contributed by atoms with Crippen molar-refractivity contribution in [3.05, 3.63) is 95.2 Å². The van der Waals surface area contributed by atoms with E-state index in [0.29, 0.717) is 0 Å². The number of rotatable bonds is 3. The fraction of sp³-hybridized carbons (Fsp3) is 0.185. The number of nitrogens with zero attached hydrogens (tertiary/aromatic N) is 1. The Balaban J connectivity index is 1.27. The molecule has 0 spiro atoms. The van der Waals surface area contributed by atoms with Gasteiger partial charge in [-0.3, -0.25) is 4.90 Å². The summed E-state index contributed by atoms with van der Waals surface area (Å²) in [6.07, 6.45) is -0.457. The van der Waals surface area contributed by atoms with Crippen LogP contribution in [0, 0.1) is 0 Å². The second-order valence-corrected chi connectivity index (χ2v) is 8.60. The van der Waals surface area contributed by atoms with Gasteiger partial charge in [-0.05, 0) is 33.9 Å². The van der Waals surface area contributed by atoms with Gasteiger partial charge in [0.2, 0.25) is 0 Å². The molecular weight excluding hydrogens is 416 g/mol. The van der Waals surface area contributed by atoms with Crippen molar-refractivity contribution < 1.29 is 19.4 Å². The van der Waals surface area contributed by atoms with E-state index in [1.165, 1.54) is 4.90 Å². The van der Waals surface area contributed by atoms with Crippen molar-refractivity contribution in [2.45, 2.75) is 24.9 Å². The van der Waals surface area contributed by atoms with Crippen LogP contribution >= 0.6 is 0 Å². The number of aliphatic carboxylic acids is 1. The maximum atomic E-state index is 13.1. The van der Waals surface area contributed by atoms with Crippen molar-refractivity contribution in [2.75, 3.05) is 6.61 Å². The van der Waals surface area contributed by atoms with Gasteiger partial charge in [-0.25, -0.2) is 4.79 Å². The molecule has 0 saturated heterocycles. The summed E-state index contributed by atoms with van der Waals surface area (Å²) in [6, 6.07) is 22.9. The highest BCUT2D eigenvalue weighted by Gasteiger charge is 2.35. The summed E-state index contributed by atoms with van der Waals surface area (Å²) in [4.78, 5) is 29.7. The molecule has 1 N–H and O–H groups in total. The first kappa shape index (κ1) is 19.6. The topological polar surface area (TPSA) is 85.5 Å². The number of amides is 1. The molecular formula is C27H21N2O4-. The summed E-state index contributed by atoms with van der Waals surface area (Å²) >= 11 is 0. The molecule has 6 rings (SSSR count). The number of para-hydroxylation sites is 1. The highest BCUT2D eigenvalue weighted by atomic mass is 16.6. The number of carbonyl (C=O) groups excluding carboxylic acids is 2. The minimum absolute atomic E-state index is 0.0869. The van der Waals surface area contributed by atoms with E-state index in [0.717, 1.165) is 44.4 Å². The number of carboxylic acids is 1. The van der Waals surface area contributed by atoms with Crippen LogP contribution in [-0.2, 0) is 22.5 Å². The summed E-state index contributed by atoms with van der Waals surface area (Å²) in [5.74, 6) is -1.37. The molecule has 2 heterocycles. The summed E-state index contributed by atoms with van der Waals surface area (Å²) in [7, 11) is 0. The Bertz CT molecular complexity index is 1360. The third kappa shape index (κ3) is 3.09. The number of carboxylic acid groups (broad SMARTS) is 1. The minimum atomic E-state index is -1.28. The minimum Gasteiger partial charge on any atom is -0.548 e. The molecule has 1 aliphatic heterocycles. The quantitative estimate of drug-likeness (QED) is 0.531.